The van der Waals surface area contributed by atoms with Crippen LogP contribution in [0, 0.1) is 5.82 Å². The van der Waals surface area contributed by atoms with Crippen molar-refractivity contribution in [1.29, 1.82) is 0 Å². The average molecular weight is 198 g/mol. The van der Waals surface area contributed by atoms with Gasteiger partial charge in [-0.05, 0) is 19.1 Å². The third-order valence-corrected chi connectivity index (χ3v) is 2.41. The highest BCUT2D eigenvalue weighted by atomic mass is 19.1. The Bertz CT molecular complexity index is 310. The standard InChI is InChI=1S/C11H15FO2/c1-7(8(2)13)11-9(12)5-4-6-10(11)14-3/h4-8,13H,1-3H3. The van der Waals surface area contributed by atoms with Gasteiger partial charge in [0.2, 0.25) is 0 Å². The number of hydrogen-bond donors (Lipinski definition) is 1. The lowest BCUT2D eigenvalue weighted by atomic mass is 9.95. The van der Waals surface area contributed by atoms with Gasteiger partial charge < -0.3 is 9.84 Å². The molecule has 0 spiro atoms. The third-order valence-electron chi connectivity index (χ3n) is 2.41. The van der Waals surface area contributed by atoms with Gasteiger partial charge in [0.25, 0.3) is 0 Å². The summed E-state index contributed by atoms with van der Waals surface area (Å²) in [5.41, 5.74) is 0.435. The highest BCUT2D eigenvalue weighted by Crippen LogP contribution is 2.30. The molecule has 2 atom stereocenters. The smallest absolute Gasteiger partial charge is 0.130 e. The zero-order valence-electron chi connectivity index (χ0n) is 8.62. The highest BCUT2D eigenvalue weighted by molar-refractivity contribution is 5.37. The van der Waals surface area contributed by atoms with Crippen molar-refractivity contribution in [2.24, 2.45) is 0 Å². The summed E-state index contributed by atoms with van der Waals surface area (Å²) in [7, 11) is 1.49. The lowest BCUT2D eigenvalue weighted by Crippen LogP contribution is -2.13. The van der Waals surface area contributed by atoms with Gasteiger partial charge in [0.15, 0.2) is 0 Å². The second-order valence-electron chi connectivity index (χ2n) is 3.39. The van der Waals surface area contributed by atoms with E-state index in [0.29, 0.717) is 11.3 Å². The quantitative estimate of drug-likeness (QED) is 0.807. The lowest BCUT2D eigenvalue weighted by molar-refractivity contribution is 0.165. The summed E-state index contributed by atoms with van der Waals surface area (Å²) in [6, 6.07) is 4.65. The van der Waals surface area contributed by atoms with Crippen LogP contribution in [0.4, 0.5) is 4.39 Å². The van der Waals surface area contributed by atoms with Gasteiger partial charge in [-0.25, -0.2) is 4.39 Å². The molecule has 0 radical (unpaired) electrons. The molecule has 2 unspecified atom stereocenters. The van der Waals surface area contributed by atoms with E-state index in [0.717, 1.165) is 0 Å². The van der Waals surface area contributed by atoms with Gasteiger partial charge in [0.05, 0.1) is 13.2 Å². The van der Waals surface area contributed by atoms with Crippen LogP contribution < -0.4 is 4.74 Å². The summed E-state index contributed by atoms with van der Waals surface area (Å²) in [5.74, 6) is -0.123. The molecular weight excluding hydrogens is 183 g/mol. The van der Waals surface area contributed by atoms with Crippen LogP contribution >= 0.6 is 0 Å². The molecule has 0 saturated heterocycles. The second kappa shape index (κ2) is 4.42. The molecule has 0 heterocycles. The van der Waals surface area contributed by atoms with Gasteiger partial charge in [-0.3, -0.25) is 0 Å². The molecule has 1 aromatic rings. The summed E-state index contributed by atoms with van der Waals surface area (Å²) in [4.78, 5) is 0. The zero-order valence-corrected chi connectivity index (χ0v) is 8.62. The third kappa shape index (κ3) is 2.04. The van der Waals surface area contributed by atoms with E-state index >= 15 is 0 Å². The van der Waals surface area contributed by atoms with Crippen molar-refractivity contribution in [1.82, 2.24) is 0 Å². The van der Waals surface area contributed by atoms with E-state index in [9.17, 15) is 9.50 Å². The van der Waals surface area contributed by atoms with E-state index in [-0.39, 0.29) is 11.7 Å². The summed E-state index contributed by atoms with van der Waals surface area (Å²) in [6.07, 6.45) is -0.596. The van der Waals surface area contributed by atoms with Gasteiger partial charge in [-0.1, -0.05) is 13.0 Å². The first-order valence-electron chi connectivity index (χ1n) is 4.58. The van der Waals surface area contributed by atoms with Crippen LogP contribution in [0.3, 0.4) is 0 Å². The first-order chi connectivity index (χ1) is 6.57. The van der Waals surface area contributed by atoms with Crippen LogP contribution in [0.15, 0.2) is 18.2 Å². The van der Waals surface area contributed by atoms with Crippen LogP contribution in [0.25, 0.3) is 0 Å². The Hall–Kier alpha value is -1.09. The molecule has 0 bridgehead atoms. The van der Waals surface area contributed by atoms with Crippen LogP contribution in [0.5, 0.6) is 5.75 Å². The number of methoxy groups -OCH3 is 1. The van der Waals surface area contributed by atoms with E-state index in [2.05, 4.69) is 0 Å². The molecule has 0 aliphatic heterocycles. The molecule has 0 saturated carbocycles. The maximum Gasteiger partial charge on any atom is 0.130 e. The Morgan fingerprint density at radius 3 is 2.50 bits per heavy atom. The predicted molar refractivity (Wildman–Crippen MR) is 53.0 cm³/mol. The minimum atomic E-state index is -0.596. The van der Waals surface area contributed by atoms with Crippen LogP contribution in [-0.4, -0.2) is 18.3 Å². The molecule has 1 rings (SSSR count). The van der Waals surface area contributed by atoms with Crippen molar-refractivity contribution in [2.75, 3.05) is 7.11 Å². The number of rotatable bonds is 3. The molecule has 0 fully saturated rings. The number of aliphatic hydroxyl groups is 1. The van der Waals surface area contributed by atoms with Gasteiger partial charge in [0.1, 0.15) is 11.6 Å². The number of aliphatic hydroxyl groups excluding tert-OH is 1. The molecule has 0 aliphatic rings. The molecular formula is C11H15FO2. The van der Waals surface area contributed by atoms with Crippen molar-refractivity contribution in [3.05, 3.63) is 29.6 Å². The van der Waals surface area contributed by atoms with Crippen molar-refractivity contribution in [3.8, 4) is 5.75 Å². The molecule has 3 heteroatoms. The summed E-state index contributed by atoms with van der Waals surface area (Å²) >= 11 is 0. The maximum absolute atomic E-state index is 13.5. The second-order valence-corrected chi connectivity index (χ2v) is 3.39. The lowest BCUT2D eigenvalue weighted by Gasteiger charge is -2.18. The maximum atomic E-state index is 13.5. The fourth-order valence-corrected chi connectivity index (χ4v) is 1.38. The number of hydrogen-bond acceptors (Lipinski definition) is 2. The molecule has 14 heavy (non-hydrogen) atoms. The normalized spacial score (nSPS) is 14.9. The Morgan fingerprint density at radius 1 is 1.36 bits per heavy atom. The van der Waals surface area contributed by atoms with Crippen molar-refractivity contribution < 1.29 is 14.2 Å². The fourth-order valence-electron chi connectivity index (χ4n) is 1.38. The Kier molecular flexibility index (Phi) is 3.47. The Morgan fingerprint density at radius 2 is 2.00 bits per heavy atom. The largest absolute Gasteiger partial charge is 0.496 e. The van der Waals surface area contributed by atoms with Crippen LogP contribution in [-0.2, 0) is 0 Å². The zero-order chi connectivity index (χ0) is 10.7. The van der Waals surface area contributed by atoms with E-state index in [1.54, 1.807) is 26.0 Å². The molecule has 1 aromatic carbocycles. The summed E-state index contributed by atoms with van der Waals surface area (Å²) in [6.45, 7) is 3.40. The summed E-state index contributed by atoms with van der Waals surface area (Å²) < 4.78 is 18.5. The van der Waals surface area contributed by atoms with E-state index in [1.165, 1.54) is 13.2 Å². The monoisotopic (exact) mass is 198 g/mol. The molecule has 0 aliphatic carbocycles. The van der Waals surface area contributed by atoms with E-state index < -0.39 is 6.10 Å². The SMILES string of the molecule is COc1cccc(F)c1C(C)C(C)O. The predicted octanol–water partition coefficient (Wildman–Crippen LogP) is 2.32. The van der Waals surface area contributed by atoms with Crippen molar-refractivity contribution in [3.63, 3.8) is 0 Å². The Balaban J connectivity index is 3.16. The van der Waals surface area contributed by atoms with Crippen LogP contribution in [0.2, 0.25) is 0 Å². The highest BCUT2D eigenvalue weighted by Gasteiger charge is 2.19. The number of ether oxygens (including phenoxy) is 1. The summed E-state index contributed by atoms with van der Waals surface area (Å²) in [5, 5.41) is 9.40. The molecule has 0 amide bonds. The molecule has 0 aromatic heterocycles. The number of halogens is 1. The van der Waals surface area contributed by atoms with Gasteiger partial charge in [-0.15, -0.1) is 0 Å². The van der Waals surface area contributed by atoms with E-state index in [1.807, 2.05) is 0 Å². The average Bonchev–Trinajstić information content (AvgIpc) is 2.16. The molecule has 78 valence electrons. The minimum absolute atomic E-state index is 0.272. The topological polar surface area (TPSA) is 29.5 Å². The molecule has 2 nitrogen and oxygen atoms in total. The van der Waals surface area contributed by atoms with Crippen molar-refractivity contribution >= 4 is 0 Å². The van der Waals surface area contributed by atoms with Crippen molar-refractivity contribution in [2.45, 2.75) is 25.9 Å². The van der Waals surface area contributed by atoms with E-state index in [4.69, 9.17) is 4.74 Å². The van der Waals surface area contributed by atoms with Crippen LogP contribution in [0.1, 0.15) is 25.3 Å². The van der Waals surface area contributed by atoms with Gasteiger partial charge in [-0.2, -0.15) is 0 Å². The Labute approximate surface area is 83.3 Å². The number of benzene rings is 1. The first-order valence-corrected chi connectivity index (χ1v) is 4.58. The molecule has 1 N–H and O–H groups in total. The van der Waals surface area contributed by atoms with Gasteiger partial charge >= 0.3 is 0 Å². The first kappa shape index (κ1) is 11.0. The van der Waals surface area contributed by atoms with Gasteiger partial charge in [0, 0.05) is 11.5 Å². The fraction of sp³-hybridized carbons (Fsp3) is 0.455. The minimum Gasteiger partial charge on any atom is -0.496 e.